The maximum Gasteiger partial charge on any atom is 0.410 e. The van der Waals surface area contributed by atoms with Gasteiger partial charge in [-0.2, -0.15) is 0 Å². The Kier molecular flexibility index (Phi) is 54.0. The highest BCUT2D eigenvalue weighted by Crippen LogP contribution is 2.29. The third kappa shape index (κ3) is 43.4. The molecule has 7 aromatic rings. The summed E-state index contributed by atoms with van der Waals surface area (Å²) in [5, 5.41) is 37.8. The van der Waals surface area contributed by atoms with Gasteiger partial charge in [0.05, 0.1) is 114 Å². The third-order valence-corrected chi connectivity index (χ3v) is 16.4. The van der Waals surface area contributed by atoms with Gasteiger partial charge in [0.15, 0.2) is 7.05 Å². The zero-order valence-corrected chi connectivity index (χ0v) is 66.6. The Bertz CT molecular complexity index is 3690. The summed E-state index contributed by atoms with van der Waals surface area (Å²) in [7, 11) is 0.889. The van der Waals surface area contributed by atoms with E-state index in [1.165, 1.54) is 5.56 Å². The fourth-order valence-corrected chi connectivity index (χ4v) is 10.6. The average Bonchev–Trinajstić information content (AvgIpc) is 0.831. The number of anilines is 1. The van der Waals surface area contributed by atoms with Crippen molar-refractivity contribution in [1.29, 1.82) is 0 Å². The predicted octanol–water partition coefficient (Wildman–Crippen LogP) is 12.6. The van der Waals surface area contributed by atoms with Crippen LogP contribution in [0.1, 0.15) is 139 Å². The Balaban J connectivity index is 0. The number of aliphatic hydroxyl groups excluding tert-OH is 2. The molecule has 5 fully saturated rings. The lowest BCUT2D eigenvalue weighted by Gasteiger charge is -2.36. The van der Waals surface area contributed by atoms with E-state index in [0.717, 1.165) is 60.2 Å². The van der Waals surface area contributed by atoms with E-state index in [1.54, 1.807) is 9.80 Å². The Morgan fingerprint density at radius 2 is 0.886 bits per heavy atom. The third-order valence-electron chi connectivity index (χ3n) is 15.6. The predicted molar refractivity (Wildman–Crippen MR) is 449 cm³/mol. The molecule has 5 saturated heterocycles. The monoisotopic (exact) mass is 1650 g/mol. The molecule has 114 heavy (non-hydrogen) atoms. The van der Waals surface area contributed by atoms with E-state index in [0.29, 0.717) is 64.5 Å². The smallest absolute Gasteiger partial charge is 0.410 e. The number of ether oxygens (including phenoxy) is 7. The molecule has 0 spiro atoms. The fourth-order valence-electron chi connectivity index (χ4n) is 10.5. The van der Waals surface area contributed by atoms with Gasteiger partial charge in [-0.1, -0.05) is 209 Å². The number of alkyl halides is 2. The summed E-state index contributed by atoms with van der Waals surface area (Å²) in [5.74, 6) is -0.556. The molecule has 0 unspecified atom stereocenters. The van der Waals surface area contributed by atoms with Crippen LogP contribution >= 0.6 is 34.8 Å². The van der Waals surface area contributed by atoms with Crippen LogP contribution in [-0.2, 0) is 52.3 Å². The van der Waals surface area contributed by atoms with Gasteiger partial charge in [-0.15, -0.1) is 23.2 Å². The minimum atomic E-state index is -0.508. The molecule has 5 heterocycles. The second kappa shape index (κ2) is 58.7. The molecule has 627 valence electrons. The first-order chi connectivity index (χ1) is 52.6. The zero-order valence-electron chi connectivity index (χ0n) is 64.3. The summed E-state index contributed by atoms with van der Waals surface area (Å²) in [6.07, 6.45) is -0.577. The Morgan fingerprint density at radius 3 is 1.21 bits per heavy atom. The van der Waals surface area contributed by atoms with Crippen LogP contribution in [0.25, 0.3) is 0 Å². The van der Waals surface area contributed by atoms with Gasteiger partial charge in [0.2, 0.25) is 23.0 Å². The lowest BCUT2D eigenvalue weighted by Crippen LogP contribution is -2.45. The highest BCUT2D eigenvalue weighted by atomic mass is 35.5. The number of nitrogens with two attached hydrogens (primary N) is 2. The first-order valence-electron chi connectivity index (χ1n) is 35.7. The number of amides is 5. The van der Waals surface area contributed by atoms with Crippen molar-refractivity contribution in [2.24, 2.45) is 5.73 Å². The van der Waals surface area contributed by atoms with E-state index in [2.05, 4.69) is 45.5 Å². The highest BCUT2D eigenvalue weighted by molar-refractivity contribution is 6.67. The van der Waals surface area contributed by atoms with Crippen molar-refractivity contribution in [3.8, 4) is 0 Å². The van der Waals surface area contributed by atoms with E-state index in [4.69, 9.17) is 99.8 Å². The number of nitro groups is 1. The molecular formula is C83H117BCl3FN9O17. The van der Waals surface area contributed by atoms with Crippen molar-refractivity contribution < 1.29 is 83.2 Å². The molecule has 0 aliphatic carbocycles. The number of hydrogen-bond donors (Lipinski definition) is 8. The normalized spacial score (nSPS) is 17.6. The van der Waals surface area contributed by atoms with Crippen LogP contribution in [0, 0.1) is 10.1 Å². The number of carbonyl (C=O) groups excluding carboxylic acids is 6. The average molecular weight is 1650 g/mol. The number of morpholine rings is 5. The number of halogens is 4. The Hall–Kier alpha value is -9.14. The van der Waals surface area contributed by atoms with Crippen LogP contribution in [0.2, 0.25) is 0 Å². The molecule has 0 aromatic heterocycles. The van der Waals surface area contributed by atoms with E-state index in [-0.39, 0.29) is 134 Å². The van der Waals surface area contributed by atoms with Crippen molar-refractivity contribution in [3.63, 3.8) is 0 Å². The molecule has 26 nitrogen and oxygen atoms in total. The summed E-state index contributed by atoms with van der Waals surface area (Å²) in [4.78, 5) is 78.8. The van der Waals surface area contributed by atoms with Crippen molar-refractivity contribution in [3.05, 3.63) is 255 Å². The van der Waals surface area contributed by atoms with Gasteiger partial charge in [0.25, 0.3) is 0 Å². The van der Waals surface area contributed by atoms with E-state index in [1.807, 2.05) is 224 Å². The second-order valence-electron chi connectivity index (χ2n) is 26.7. The van der Waals surface area contributed by atoms with Crippen molar-refractivity contribution in [1.82, 2.24) is 31.1 Å². The summed E-state index contributed by atoms with van der Waals surface area (Å²) >= 11 is 14.9. The van der Waals surface area contributed by atoms with E-state index in [9.17, 15) is 28.8 Å². The number of nitrogen functional groups attached to an aromatic ring is 1. The van der Waals surface area contributed by atoms with Crippen molar-refractivity contribution in [2.45, 2.75) is 110 Å². The van der Waals surface area contributed by atoms with Gasteiger partial charge in [0.1, 0.15) is 30.3 Å². The molecule has 5 amide bonds. The molecule has 31 heteroatoms. The lowest BCUT2D eigenvalue weighted by molar-refractivity contribution is -0.445. The van der Waals surface area contributed by atoms with Gasteiger partial charge < -0.3 is 76.1 Å². The maximum atomic E-state index is 12.3. The number of carbonyl (C=O) groups is 6. The standard InChI is InChI=1S/C15H22N2O3.C15H21NO3.C10H12ClNO2.2C10H11NO2.C10H13NO.C8H11NO.C2H2Cl2O.CH3NO2.2CH4.B.FH.H2/c1-15(2,3)20-14(18)17-8-9-19-10-13(17)11-4-6-12(16)7-5-11;1-15(2,3)19-14(17)16-9-10-18-11-13(16)12-7-5-4-6-8-12;11-6-10(14)12-9(7-13)8-4-2-1-3-5-8;2*12-10-7-13-6-9(11-10)8-4-2-1-3-5-8;1-2-4-9(5-3-1)10-8-12-7-6-11-10;9-8(6-10)7-4-2-1-3-5-7;3-1-2(4)5;1-2(3)4;;;;;/h4-7,13H,8-10,16H2,1-3H3;4-8,13H,9-11H2,1-3H3;1-5,9,13H,6-7H2,(H,12,14);2*1-5,9H,6-7H2,(H,11,12);1-5,10-11H,6-8H2;1-5,8,10H,6,9H2;1H2;1H3;2*1H4;;2*1H/t2*13-;3*9-;10-;8-;;;;;;;/m1111111......./s1/i;;;;;;;;;;;;;1+1. The highest BCUT2D eigenvalue weighted by Gasteiger charge is 2.34. The van der Waals surface area contributed by atoms with Gasteiger partial charge in [-0.3, -0.25) is 43.8 Å². The van der Waals surface area contributed by atoms with Gasteiger partial charge in [0, 0.05) is 40.1 Å². The molecule has 0 saturated carbocycles. The second-order valence-corrected chi connectivity index (χ2v) is 27.6. The van der Waals surface area contributed by atoms with Crippen LogP contribution in [0.4, 0.5) is 20.0 Å². The quantitative estimate of drug-likeness (QED) is 0.0141. The molecule has 7 atom stereocenters. The summed E-state index contributed by atoms with van der Waals surface area (Å²) in [5.41, 5.74) is 18.4. The molecule has 0 bridgehead atoms. The van der Waals surface area contributed by atoms with Gasteiger partial charge in [-0.05, 0) is 104 Å². The first kappa shape index (κ1) is 105. The first-order valence-corrected chi connectivity index (χ1v) is 37.1. The lowest BCUT2D eigenvalue weighted by atomic mass is 10.0. The number of nitrogens with one attached hydrogen (secondary N) is 4. The van der Waals surface area contributed by atoms with Gasteiger partial charge >= 0.3 is 12.2 Å². The van der Waals surface area contributed by atoms with Crippen molar-refractivity contribution >= 4 is 84.1 Å². The minimum absolute atomic E-state index is 0. The molecule has 5 aliphatic rings. The molecular weight excluding hydrogens is 1530 g/mol. The minimum Gasteiger partial charge on any atom is -0.444 e. The summed E-state index contributed by atoms with van der Waals surface area (Å²) in [6, 6.07) is 66.0. The topological polar surface area (TPSA) is 357 Å². The summed E-state index contributed by atoms with van der Waals surface area (Å²) in [6.45, 7) is 18.4. The fraction of sp³-hybridized carbons (Fsp3) is 0.422. The molecule has 3 radical (unpaired) electrons. The van der Waals surface area contributed by atoms with Crippen LogP contribution in [0.3, 0.4) is 0 Å². The summed E-state index contributed by atoms with van der Waals surface area (Å²) < 4.78 is 37.6. The Morgan fingerprint density at radius 1 is 0.553 bits per heavy atom. The van der Waals surface area contributed by atoms with Crippen LogP contribution in [-0.4, -0.2) is 197 Å². The van der Waals surface area contributed by atoms with E-state index < -0.39 is 21.4 Å². The number of rotatable bonds is 12. The molecule has 10 N–H and O–H groups in total. The largest absolute Gasteiger partial charge is 0.444 e. The molecule has 5 aliphatic heterocycles. The number of nitrogens with zero attached hydrogens (tertiary/aromatic N) is 3. The van der Waals surface area contributed by atoms with E-state index >= 15 is 0 Å². The SMILES string of the molecule is C.C.CC(C)(C)OC(=O)N1CCOC[C@@H]1c1ccc(N)cc1.CC(C)(C)OC(=O)N1CCOC[C@@H]1c1ccccc1.C[N+](=O)[O-].F.N[C@H](CO)c1ccccc1.O=C(CCl)N[C@H](CO)c1ccccc1.O=C(Cl)CCl.O=C1COC[C@H](c2ccccc2)N1.O=C1COC[C@H](c2ccccc2)N1.[2HH].[B].c1ccc([C@H]2COCCN2)cc1. The van der Waals surface area contributed by atoms with Crippen LogP contribution < -0.4 is 32.7 Å². The number of hydrogen-bond acceptors (Lipinski definition) is 20. The molecule has 12 rings (SSSR count). The zero-order chi connectivity index (χ0) is 80.7. The number of benzene rings is 7. The maximum absolute atomic E-state index is 12.3. The van der Waals surface area contributed by atoms with Crippen LogP contribution in [0.15, 0.2) is 206 Å². The molecule has 7 aromatic carbocycles. The Labute approximate surface area is 689 Å². The van der Waals surface area contributed by atoms with Crippen LogP contribution in [0.5, 0.6) is 0 Å². The number of aliphatic hydroxyl groups is 2. The van der Waals surface area contributed by atoms with Gasteiger partial charge in [-0.25, -0.2) is 9.59 Å². The van der Waals surface area contributed by atoms with Crippen molar-refractivity contribution in [2.75, 3.05) is 123 Å².